The Labute approximate surface area is 205 Å². The lowest BCUT2D eigenvalue weighted by molar-refractivity contribution is -0.116. The highest BCUT2D eigenvalue weighted by Crippen LogP contribution is 2.39. The van der Waals surface area contributed by atoms with Gasteiger partial charge in [0.25, 0.3) is 11.5 Å². The van der Waals surface area contributed by atoms with Gasteiger partial charge in [-0.1, -0.05) is 23.2 Å². The fraction of sp³-hybridized carbons (Fsp3) is 0.0952. The Morgan fingerprint density at radius 3 is 2.40 bits per heavy atom. The zero-order valence-electron chi connectivity index (χ0n) is 17.5. The van der Waals surface area contributed by atoms with Crippen molar-refractivity contribution in [3.8, 4) is 17.7 Å². The predicted molar refractivity (Wildman–Crippen MR) is 121 cm³/mol. The number of hydrogen-bond donors (Lipinski definition) is 3. The van der Waals surface area contributed by atoms with Crippen molar-refractivity contribution < 1.29 is 27.8 Å². The number of imide groups is 1. The van der Waals surface area contributed by atoms with Crippen LogP contribution in [0.2, 0.25) is 10.0 Å². The van der Waals surface area contributed by atoms with Gasteiger partial charge < -0.3 is 14.8 Å². The number of alkyl carbamates (subject to hydrolysis) is 1. The molecular weight excluding hydrogens is 511 g/mol. The number of aromatic amines is 1. The first-order chi connectivity index (χ1) is 16.6. The molecule has 180 valence electrons. The van der Waals surface area contributed by atoms with Gasteiger partial charge in [-0.2, -0.15) is 5.26 Å². The molecule has 14 heteroatoms. The van der Waals surface area contributed by atoms with Crippen molar-refractivity contribution in [3.05, 3.63) is 68.1 Å². The van der Waals surface area contributed by atoms with E-state index in [1.165, 1.54) is 12.1 Å². The topological polar surface area (TPSA) is 146 Å². The second-order valence-corrected chi connectivity index (χ2v) is 7.34. The Morgan fingerprint density at radius 2 is 1.80 bits per heavy atom. The number of carbonyl (C=O) groups is 2. The number of halogens is 4. The van der Waals surface area contributed by atoms with E-state index in [1.54, 1.807) is 13.0 Å². The Kier molecular flexibility index (Phi) is 7.85. The Hall–Kier alpha value is -4.21. The number of fused-ring (bicyclic) bond motifs is 1. The van der Waals surface area contributed by atoms with Gasteiger partial charge in [0.15, 0.2) is 17.4 Å². The number of anilines is 1. The smallest absolute Gasteiger partial charge is 0.414 e. The lowest BCUT2D eigenvalue weighted by atomic mass is 10.2. The molecule has 0 atom stereocenters. The maximum absolute atomic E-state index is 13.7. The summed E-state index contributed by atoms with van der Waals surface area (Å²) in [5, 5.41) is 19.0. The molecule has 0 fully saturated rings. The Bertz CT molecular complexity index is 1450. The van der Waals surface area contributed by atoms with Crippen LogP contribution in [0.3, 0.4) is 0 Å². The molecule has 0 unspecified atom stereocenters. The van der Waals surface area contributed by atoms with E-state index in [4.69, 9.17) is 33.2 Å². The van der Waals surface area contributed by atoms with Crippen molar-refractivity contribution in [2.24, 2.45) is 0 Å². The van der Waals surface area contributed by atoms with Crippen LogP contribution in [0.25, 0.3) is 10.8 Å². The van der Waals surface area contributed by atoms with E-state index >= 15 is 0 Å². The van der Waals surface area contributed by atoms with Crippen LogP contribution in [-0.2, 0) is 9.53 Å². The third-order valence-electron chi connectivity index (χ3n) is 4.23. The predicted octanol–water partition coefficient (Wildman–Crippen LogP) is 4.39. The molecule has 0 saturated heterocycles. The third-order valence-corrected chi connectivity index (χ3v) is 4.79. The summed E-state index contributed by atoms with van der Waals surface area (Å²) >= 11 is 12.5. The van der Waals surface area contributed by atoms with Crippen molar-refractivity contribution in [3.63, 3.8) is 0 Å². The molecule has 2 aromatic carbocycles. The normalized spacial score (nSPS) is 11.0. The van der Waals surface area contributed by atoms with Crippen LogP contribution in [0.1, 0.15) is 6.92 Å². The second-order valence-electron chi connectivity index (χ2n) is 6.53. The molecular formula is C21H13Cl2F2N5O5. The Morgan fingerprint density at radius 1 is 1.17 bits per heavy atom. The first kappa shape index (κ1) is 25.4. The average molecular weight is 524 g/mol. The lowest BCUT2D eigenvalue weighted by Gasteiger charge is -2.12. The number of aromatic nitrogens is 2. The SMILES string of the molecule is CCOC(=O)NC(=O)/C(C#N)=C\Nc1cc(Cl)c(Oc2n[nH]c(=O)c3cc(F)c(F)cc23)c(Cl)c1. The molecule has 3 aromatic rings. The minimum atomic E-state index is -1.23. The van der Waals surface area contributed by atoms with Crippen molar-refractivity contribution in [2.45, 2.75) is 6.92 Å². The summed E-state index contributed by atoms with van der Waals surface area (Å²) in [6.45, 7) is 1.58. The number of amides is 2. The first-order valence-corrected chi connectivity index (χ1v) is 10.3. The molecule has 10 nitrogen and oxygen atoms in total. The molecule has 1 heterocycles. The largest absolute Gasteiger partial charge is 0.450 e. The number of H-pyrrole nitrogens is 1. The fourth-order valence-electron chi connectivity index (χ4n) is 2.68. The average Bonchev–Trinajstić information content (AvgIpc) is 2.79. The zero-order chi connectivity index (χ0) is 25.7. The minimum Gasteiger partial charge on any atom is -0.450 e. The molecule has 3 N–H and O–H groups in total. The number of nitrogens with zero attached hydrogens (tertiary/aromatic N) is 2. The van der Waals surface area contributed by atoms with Crippen LogP contribution < -0.4 is 20.9 Å². The zero-order valence-corrected chi connectivity index (χ0v) is 19.1. The van der Waals surface area contributed by atoms with E-state index in [-0.39, 0.29) is 44.7 Å². The quantitative estimate of drug-likeness (QED) is 0.318. The number of nitrogens with one attached hydrogen (secondary N) is 3. The summed E-state index contributed by atoms with van der Waals surface area (Å²) in [6.07, 6.45) is -0.0111. The van der Waals surface area contributed by atoms with Crippen molar-refractivity contribution >= 4 is 51.7 Å². The first-order valence-electron chi connectivity index (χ1n) is 9.53. The molecule has 0 aliphatic heterocycles. The van der Waals surface area contributed by atoms with Crippen LogP contribution in [0.4, 0.5) is 19.3 Å². The van der Waals surface area contributed by atoms with Crippen LogP contribution in [0.5, 0.6) is 11.6 Å². The molecule has 0 radical (unpaired) electrons. The van der Waals surface area contributed by atoms with E-state index in [2.05, 4.69) is 20.3 Å². The highest BCUT2D eigenvalue weighted by molar-refractivity contribution is 6.37. The van der Waals surface area contributed by atoms with E-state index in [0.717, 1.165) is 12.3 Å². The molecule has 0 aliphatic rings. The number of carbonyl (C=O) groups excluding carboxylic acids is 2. The van der Waals surface area contributed by atoms with Gasteiger partial charge >= 0.3 is 6.09 Å². The molecule has 3 rings (SSSR count). The van der Waals surface area contributed by atoms with Crippen LogP contribution in [-0.4, -0.2) is 28.8 Å². The van der Waals surface area contributed by atoms with Crippen molar-refractivity contribution in [1.29, 1.82) is 5.26 Å². The van der Waals surface area contributed by atoms with Gasteiger partial charge in [-0.15, -0.1) is 5.10 Å². The number of rotatable bonds is 6. The van der Waals surface area contributed by atoms with Crippen LogP contribution >= 0.6 is 23.2 Å². The summed E-state index contributed by atoms with van der Waals surface area (Å²) in [7, 11) is 0. The molecule has 0 saturated carbocycles. The van der Waals surface area contributed by atoms with Gasteiger partial charge in [-0.3, -0.25) is 14.9 Å². The van der Waals surface area contributed by atoms with Gasteiger partial charge in [0, 0.05) is 11.9 Å². The summed E-state index contributed by atoms with van der Waals surface area (Å²) in [5.74, 6) is -3.89. The lowest BCUT2D eigenvalue weighted by Crippen LogP contribution is -2.32. The number of hydrogen-bond acceptors (Lipinski definition) is 8. The van der Waals surface area contributed by atoms with Crippen molar-refractivity contribution in [2.75, 3.05) is 11.9 Å². The molecule has 0 bridgehead atoms. The van der Waals surface area contributed by atoms with Crippen molar-refractivity contribution in [1.82, 2.24) is 15.5 Å². The monoisotopic (exact) mass is 523 g/mol. The van der Waals surface area contributed by atoms with E-state index in [1.807, 2.05) is 5.32 Å². The van der Waals surface area contributed by atoms with Gasteiger partial charge in [-0.05, 0) is 31.2 Å². The fourth-order valence-corrected chi connectivity index (χ4v) is 3.24. The number of nitriles is 1. The van der Waals surface area contributed by atoms with Crippen LogP contribution in [0.15, 0.2) is 40.8 Å². The molecule has 0 spiro atoms. The molecule has 1 aromatic heterocycles. The highest BCUT2D eigenvalue weighted by atomic mass is 35.5. The van der Waals surface area contributed by atoms with Gasteiger partial charge in [0.1, 0.15) is 11.6 Å². The number of ether oxygens (including phenoxy) is 2. The van der Waals surface area contributed by atoms with Gasteiger partial charge in [0.2, 0.25) is 5.88 Å². The van der Waals surface area contributed by atoms with Crippen LogP contribution in [0, 0.1) is 23.0 Å². The summed E-state index contributed by atoms with van der Waals surface area (Å²) in [4.78, 5) is 35.2. The summed E-state index contributed by atoms with van der Waals surface area (Å²) in [6, 6.07) is 5.68. The second kappa shape index (κ2) is 10.8. The van der Waals surface area contributed by atoms with Gasteiger partial charge in [-0.25, -0.2) is 18.7 Å². The molecule has 0 aliphatic carbocycles. The molecule has 35 heavy (non-hydrogen) atoms. The minimum absolute atomic E-state index is 0.0323. The molecule has 2 amide bonds. The van der Waals surface area contributed by atoms with Gasteiger partial charge in [0.05, 0.1) is 27.4 Å². The Balaban J connectivity index is 1.87. The van der Waals surface area contributed by atoms with E-state index < -0.39 is 34.8 Å². The summed E-state index contributed by atoms with van der Waals surface area (Å²) < 4.78 is 37.4. The maximum atomic E-state index is 13.7. The number of benzene rings is 2. The third kappa shape index (κ3) is 5.84. The maximum Gasteiger partial charge on any atom is 0.414 e. The highest BCUT2D eigenvalue weighted by Gasteiger charge is 2.18. The van der Waals surface area contributed by atoms with E-state index in [9.17, 15) is 23.2 Å². The standard InChI is InChI=1S/C21H13Cl2F2N5O5/c1-2-34-21(33)28-18(31)9(7-26)8-27-10-3-13(22)17(14(23)4-10)35-20-12-6-16(25)15(24)5-11(12)19(32)29-30-20/h3-6,8,27H,2H2,1H3,(H,29,32)(H,28,31,33)/b9-8-. The summed E-state index contributed by atoms with van der Waals surface area (Å²) in [5.41, 5.74) is -1.00. The van der Waals surface area contributed by atoms with E-state index in [0.29, 0.717) is 6.07 Å².